The molecule has 0 aliphatic heterocycles. The zero-order valence-corrected chi connectivity index (χ0v) is 38.4. The molecular formula is C48H84NO8P. The molecule has 0 aromatic rings. The molecule has 2 atom stereocenters. The molecule has 0 heterocycles. The second-order valence-electron chi connectivity index (χ2n) is 16.1. The first-order valence-corrected chi connectivity index (χ1v) is 24.1. The van der Waals surface area contributed by atoms with Gasteiger partial charge in [-0.3, -0.25) is 14.2 Å². The first-order chi connectivity index (χ1) is 28.0. The summed E-state index contributed by atoms with van der Waals surface area (Å²) in [6.45, 7) is 4.09. The molecule has 0 fully saturated rings. The fraction of sp³-hybridized carbons (Fsp3) is 0.708. The largest absolute Gasteiger partial charge is 0.756 e. The first kappa shape index (κ1) is 55.5. The number of phosphoric acid groups is 1. The van der Waals surface area contributed by atoms with Crippen LogP contribution in [0, 0.1) is 0 Å². The van der Waals surface area contributed by atoms with E-state index in [4.69, 9.17) is 18.5 Å². The van der Waals surface area contributed by atoms with Crippen LogP contribution in [0.2, 0.25) is 0 Å². The van der Waals surface area contributed by atoms with Gasteiger partial charge in [0.2, 0.25) is 0 Å². The SMILES string of the molecule is CCCCC/C=C/C/C=C/C/C=C/C/C=C/CCCC(=O)OC[C@H](COP(=O)([O-])OCC[N+](C)(C)C)OC(=O)CCCCCCCCC/C=C/C/C=C/CCCCC. The lowest BCUT2D eigenvalue weighted by atomic mass is 10.1. The summed E-state index contributed by atoms with van der Waals surface area (Å²) in [5.41, 5.74) is 0. The molecule has 0 aromatic carbocycles. The number of rotatable bonds is 40. The van der Waals surface area contributed by atoms with Crippen LogP contribution in [0.15, 0.2) is 72.9 Å². The number of likely N-dealkylation sites (N-methyl/N-ethyl adjacent to an activating group) is 1. The monoisotopic (exact) mass is 834 g/mol. The van der Waals surface area contributed by atoms with Crippen molar-refractivity contribution in [1.29, 1.82) is 0 Å². The van der Waals surface area contributed by atoms with Crippen molar-refractivity contribution in [2.75, 3.05) is 47.5 Å². The highest BCUT2D eigenvalue weighted by Gasteiger charge is 2.21. The van der Waals surface area contributed by atoms with E-state index in [0.717, 1.165) is 57.8 Å². The summed E-state index contributed by atoms with van der Waals surface area (Å²) < 4.78 is 33.8. The van der Waals surface area contributed by atoms with Gasteiger partial charge in [0.25, 0.3) is 7.82 Å². The maximum Gasteiger partial charge on any atom is 0.306 e. The van der Waals surface area contributed by atoms with E-state index in [1.165, 1.54) is 70.6 Å². The van der Waals surface area contributed by atoms with Gasteiger partial charge in [0.05, 0.1) is 27.7 Å². The number of hydrogen-bond donors (Lipinski definition) is 0. The van der Waals surface area contributed by atoms with E-state index >= 15 is 0 Å². The van der Waals surface area contributed by atoms with E-state index in [9.17, 15) is 19.0 Å². The molecule has 0 amide bonds. The summed E-state index contributed by atoms with van der Waals surface area (Å²) >= 11 is 0. The summed E-state index contributed by atoms with van der Waals surface area (Å²) in [5.74, 6) is -0.915. The van der Waals surface area contributed by atoms with Gasteiger partial charge in [-0.2, -0.15) is 0 Å². The molecule has 0 bridgehead atoms. The molecule has 0 saturated heterocycles. The minimum absolute atomic E-state index is 0.0443. The first-order valence-electron chi connectivity index (χ1n) is 22.6. The molecule has 334 valence electrons. The number of esters is 2. The number of hydrogen-bond acceptors (Lipinski definition) is 8. The van der Waals surface area contributed by atoms with E-state index in [2.05, 4.69) is 86.8 Å². The van der Waals surface area contributed by atoms with Gasteiger partial charge in [0, 0.05) is 12.8 Å². The lowest BCUT2D eigenvalue weighted by Gasteiger charge is -2.28. The van der Waals surface area contributed by atoms with Crippen LogP contribution in [0.3, 0.4) is 0 Å². The van der Waals surface area contributed by atoms with Crippen LogP contribution < -0.4 is 4.89 Å². The molecule has 0 aliphatic rings. The van der Waals surface area contributed by atoms with Gasteiger partial charge in [-0.1, -0.05) is 145 Å². The highest BCUT2D eigenvalue weighted by atomic mass is 31.2. The average Bonchev–Trinajstić information content (AvgIpc) is 3.17. The maximum absolute atomic E-state index is 12.7. The smallest absolute Gasteiger partial charge is 0.306 e. The molecule has 0 radical (unpaired) electrons. The fourth-order valence-corrected chi connectivity index (χ4v) is 6.35. The van der Waals surface area contributed by atoms with Crippen LogP contribution in [-0.4, -0.2) is 70.0 Å². The number of unbranched alkanes of at least 4 members (excludes halogenated alkanes) is 14. The highest BCUT2D eigenvalue weighted by Crippen LogP contribution is 2.38. The quantitative estimate of drug-likeness (QED) is 0.0197. The Hall–Kier alpha value is -2.55. The van der Waals surface area contributed by atoms with Crippen molar-refractivity contribution in [2.24, 2.45) is 0 Å². The predicted octanol–water partition coefficient (Wildman–Crippen LogP) is 12.4. The lowest BCUT2D eigenvalue weighted by Crippen LogP contribution is -2.37. The Morgan fingerprint density at radius 3 is 1.43 bits per heavy atom. The van der Waals surface area contributed by atoms with Gasteiger partial charge < -0.3 is 27.9 Å². The number of allylic oxidation sites excluding steroid dienone is 12. The van der Waals surface area contributed by atoms with E-state index in [0.29, 0.717) is 23.9 Å². The van der Waals surface area contributed by atoms with Crippen molar-refractivity contribution >= 4 is 19.8 Å². The van der Waals surface area contributed by atoms with Crippen LogP contribution in [0.4, 0.5) is 0 Å². The van der Waals surface area contributed by atoms with Crippen molar-refractivity contribution in [3.8, 4) is 0 Å². The number of ether oxygens (including phenoxy) is 2. The molecule has 0 N–H and O–H groups in total. The van der Waals surface area contributed by atoms with E-state index in [-0.39, 0.29) is 26.1 Å². The minimum Gasteiger partial charge on any atom is -0.756 e. The molecule has 58 heavy (non-hydrogen) atoms. The van der Waals surface area contributed by atoms with Gasteiger partial charge in [0.1, 0.15) is 19.8 Å². The molecule has 0 aromatic heterocycles. The van der Waals surface area contributed by atoms with Crippen LogP contribution in [0.1, 0.15) is 168 Å². The predicted molar refractivity (Wildman–Crippen MR) is 240 cm³/mol. The van der Waals surface area contributed by atoms with Crippen molar-refractivity contribution in [3.63, 3.8) is 0 Å². The van der Waals surface area contributed by atoms with Gasteiger partial charge >= 0.3 is 11.9 Å². The third-order valence-corrected chi connectivity index (χ3v) is 10.2. The summed E-state index contributed by atoms with van der Waals surface area (Å²) in [7, 11) is 1.12. The van der Waals surface area contributed by atoms with Gasteiger partial charge in [-0.15, -0.1) is 0 Å². The Morgan fingerprint density at radius 2 is 0.948 bits per heavy atom. The molecule has 0 saturated carbocycles. The Morgan fingerprint density at radius 1 is 0.534 bits per heavy atom. The van der Waals surface area contributed by atoms with Crippen molar-refractivity contribution < 1.29 is 42.1 Å². The minimum atomic E-state index is -4.64. The number of phosphoric ester groups is 1. The van der Waals surface area contributed by atoms with Gasteiger partial charge in [0.15, 0.2) is 6.10 Å². The standard InChI is InChI=1S/C48H84NO8P/c1-6-8-10-12-14-16-18-20-22-24-26-28-30-32-34-36-38-40-47(50)54-44-46(45-56-58(52,53)55-43-42-49(3,4)5)57-48(51)41-39-37-35-33-31-29-27-25-23-21-19-17-15-13-11-9-7-2/h14-17,20-23,26,28,32,34,46H,6-13,18-19,24-25,27,29-31,33,35-45H2,1-5H3/b16-14+,17-15+,22-20+,23-21+,28-26+,34-32+/t46-/m1/s1. The Balaban J connectivity index is 4.46. The van der Waals surface area contributed by atoms with Crippen molar-refractivity contribution in [1.82, 2.24) is 0 Å². The number of nitrogens with zero attached hydrogens (tertiary/aromatic N) is 1. The van der Waals surface area contributed by atoms with Crippen molar-refractivity contribution in [2.45, 2.75) is 174 Å². The maximum atomic E-state index is 12.7. The van der Waals surface area contributed by atoms with Crippen molar-refractivity contribution in [3.05, 3.63) is 72.9 Å². The molecule has 0 rings (SSSR count). The zero-order valence-electron chi connectivity index (χ0n) is 37.5. The molecule has 0 spiro atoms. The third-order valence-electron chi connectivity index (χ3n) is 9.20. The van der Waals surface area contributed by atoms with Gasteiger partial charge in [-0.25, -0.2) is 0 Å². The summed E-state index contributed by atoms with van der Waals surface area (Å²) in [6, 6.07) is 0. The second kappa shape index (κ2) is 39.9. The molecule has 0 aliphatic carbocycles. The Bertz CT molecular complexity index is 1220. The van der Waals surface area contributed by atoms with Crippen LogP contribution in [0.25, 0.3) is 0 Å². The van der Waals surface area contributed by atoms with E-state index < -0.39 is 32.5 Å². The van der Waals surface area contributed by atoms with Crippen LogP contribution in [0.5, 0.6) is 0 Å². The molecule has 10 heteroatoms. The highest BCUT2D eigenvalue weighted by molar-refractivity contribution is 7.45. The summed E-state index contributed by atoms with van der Waals surface area (Å²) in [5, 5.41) is 0. The van der Waals surface area contributed by atoms with Gasteiger partial charge in [-0.05, 0) is 83.5 Å². The Labute approximate surface area is 355 Å². The summed E-state index contributed by atoms with van der Waals surface area (Å²) in [4.78, 5) is 37.5. The average molecular weight is 834 g/mol. The molecule has 1 unspecified atom stereocenters. The Kier molecular flexibility index (Phi) is 38.1. The molecule has 9 nitrogen and oxygen atoms in total. The van der Waals surface area contributed by atoms with Crippen LogP contribution in [-0.2, 0) is 32.7 Å². The fourth-order valence-electron chi connectivity index (χ4n) is 5.62. The van der Waals surface area contributed by atoms with E-state index in [1.807, 2.05) is 21.1 Å². The van der Waals surface area contributed by atoms with E-state index in [1.54, 1.807) is 0 Å². The zero-order chi connectivity index (χ0) is 42.8. The van der Waals surface area contributed by atoms with Crippen LogP contribution >= 0.6 is 7.82 Å². The topological polar surface area (TPSA) is 111 Å². The lowest BCUT2D eigenvalue weighted by molar-refractivity contribution is -0.870. The molecular weight excluding hydrogens is 750 g/mol. The number of carbonyl (C=O) groups is 2. The number of carbonyl (C=O) groups excluding carboxylic acids is 2. The third kappa shape index (κ3) is 43.0. The summed E-state index contributed by atoms with van der Waals surface area (Å²) in [6.07, 6.45) is 49.3. The number of quaternary nitrogens is 1. The normalized spacial score (nSPS) is 14.2. The second-order valence-corrected chi connectivity index (χ2v) is 17.5.